The van der Waals surface area contributed by atoms with Gasteiger partial charge in [0.2, 0.25) is 11.9 Å². The first-order chi connectivity index (χ1) is 11.3. The maximum absolute atomic E-state index is 12.9. The van der Waals surface area contributed by atoms with Gasteiger partial charge in [-0.05, 0) is 31.7 Å². The maximum Gasteiger partial charge on any atom is 0.227 e. The second-order valence-electron chi connectivity index (χ2n) is 6.93. The number of nitrogens with zero attached hydrogens (tertiary/aromatic N) is 5. The molecule has 4 rings (SSSR count). The first-order valence-corrected chi connectivity index (χ1v) is 8.86. The fraction of sp³-hybridized carbons (Fsp3) is 0.706. The molecule has 1 aromatic heterocycles. The quantitative estimate of drug-likeness (QED) is 0.833. The molecule has 124 valence electrons. The van der Waals surface area contributed by atoms with Crippen LogP contribution in [0.3, 0.4) is 0 Å². The van der Waals surface area contributed by atoms with Crippen molar-refractivity contribution in [2.45, 2.75) is 31.7 Å². The molecule has 1 atom stereocenters. The van der Waals surface area contributed by atoms with Gasteiger partial charge in [0, 0.05) is 57.7 Å². The number of carbonyl (C=O) groups is 1. The van der Waals surface area contributed by atoms with Crippen LogP contribution in [0.25, 0.3) is 0 Å². The van der Waals surface area contributed by atoms with Crippen molar-refractivity contribution in [1.29, 1.82) is 0 Å². The first kappa shape index (κ1) is 14.9. The fourth-order valence-corrected chi connectivity index (χ4v) is 3.82. The summed E-state index contributed by atoms with van der Waals surface area (Å²) in [4.78, 5) is 28.3. The Hall–Kier alpha value is -1.69. The Morgan fingerprint density at radius 3 is 2.43 bits per heavy atom. The van der Waals surface area contributed by atoms with E-state index >= 15 is 0 Å². The summed E-state index contributed by atoms with van der Waals surface area (Å²) in [5.74, 6) is 1.18. The van der Waals surface area contributed by atoms with E-state index in [1.54, 1.807) is 12.4 Å². The van der Waals surface area contributed by atoms with Gasteiger partial charge in [-0.2, -0.15) is 0 Å². The molecular formula is C17H25N5O. The SMILES string of the molecule is O=C(C1CCCN(c2ncccn2)C1)N1CCN(C2CC2)CC1. The minimum atomic E-state index is 0.0973. The molecule has 0 bridgehead atoms. The first-order valence-electron chi connectivity index (χ1n) is 8.86. The molecule has 1 aliphatic carbocycles. The molecule has 3 fully saturated rings. The van der Waals surface area contributed by atoms with Crippen LogP contribution in [0.1, 0.15) is 25.7 Å². The van der Waals surface area contributed by atoms with Gasteiger partial charge in [0.1, 0.15) is 0 Å². The van der Waals surface area contributed by atoms with E-state index in [1.807, 2.05) is 6.07 Å². The average molecular weight is 315 g/mol. The van der Waals surface area contributed by atoms with Crippen LogP contribution < -0.4 is 4.90 Å². The van der Waals surface area contributed by atoms with E-state index in [2.05, 4.69) is 24.7 Å². The smallest absolute Gasteiger partial charge is 0.227 e. The van der Waals surface area contributed by atoms with Crippen LogP contribution >= 0.6 is 0 Å². The molecule has 2 aliphatic heterocycles. The van der Waals surface area contributed by atoms with E-state index in [9.17, 15) is 4.79 Å². The molecule has 1 saturated carbocycles. The highest BCUT2D eigenvalue weighted by atomic mass is 16.2. The van der Waals surface area contributed by atoms with Crippen LogP contribution in [0.4, 0.5) is 5.95 Å². The summed E-state index contributed by atoms with van der Waals surface area (Å²) in [5.41, 5.74) is 0. The number of aromatic nitrogens is 2. The van der Waals surface area contributed by atoms with Crippen molar-refractivity contribution >= 4 is 11.9 Å². The third-order valence-electron chi connectivity index (χ3n) is 5.29. The van der Waals surface area contributed by atoms with Crippen molar-refractivity contribution in [3.63, 3.8) is 0 Å². The maximum atomic E-state index is 12.9. The molecule has 2 saturated heterocycles. The Labute approximate surface area is 137 Å². The van der Waals surface area contributed by atoms with Crippen LogP contribution in [-0.4, -0.2) is 71.0 Å². The van der Waals surface area contributed by atoms with Crippen LogP contribution in [0.5, 0.6) is 0 Å². The second kappa shape index (κ2) is 6.43. The van der Waals surface area contributed by atoms with Crippen LogP contribution in [0, 0.1) is 5.92 Å². The molecule has 0 aromatic carbocycles. The lowest BCUT2D eigenvalue weighted by atomic mass is 9.96. The Bertz CT molecular complexity index is 539. The topological polar surface area (TPSA) is 52.6 Å². The second-order valence-corrected chi connectivity index (χ2v) is 6.93. The minimum absolute atomic E-state index is 0.0973. The zero-order valence-electron chi connectivity index (χ0n) is 13.6. The predicted octanol–water partition coefficient (Wildman–Crippen LogP) is 1.000. The van der Waals surface area contributed by atoms with Crippen molar-refractivity contribution in [3.8, 4) is 0 Å². The summed E-state index contributed by atoms with van der Waals surface area (Å²) in [7, 11) is 0. The lowest BCUT2D eigenvalue weighted by Crippen LogP contribution is -2.53. The van der Waals surface area contributed by atoms with E-state index < -0.39 is 0 Å². The third kappa shape index (κ3) is 3.32. The van der Waals surface area contributed by atoms with Crippen LogP contribution in [-0.2, 0) is 4.79 Å². The van der Waals surface area contributed by atoms with Gasteiger partial charge in [0.25, 0.3) is 0 Å². The minimum Gasteiger partial charge on any atom is -0.340 e. The summed E-state index contributed by atoms with van der Waals surface area (Å²) < 4.78 is 0. The Morgan fingerprint density at radius 2 is 1.74 bits per heavy atom. The number of piperazine rings is 1. The summed E-state index contributed by atoms with van der Waals surface area (Å²) in [6.07, 6.45) is 8.27. The Morgan fingerprint density at radius 1 is 1.00 bits per heavy atom. The van der Waals surface area contributed by atoms with Crippen LogP contribution in [0.15, 0.2) is 18.5 Å². The van der Waals surface area contributed by atoms with Gasteiger partial charge in [0.05, 0.1) is 5.92 Å². The van der Waals surface area contributed by atoms with Gasteiger partial charge in [0.15, 0.2) is 0 Å². The van der Waals surface area contributed by atoms with Crippen molar-refractivity contribution < 1.29 is 4.79 Å². The molecule has 1 unspecified atom stereocenters. The number of carbonyl (C=O) groups excluding carboxylic acids is 1. The molecule has 3 aliphatic rings. The number of amides is 1. The van der Waals surface area contributed by atoms with E-state index in [0.717, 1.165) is 64.1 Å². The van der Waals surface area contributed by atoms with Crippen molar-refractivity contribution in [3.05, 3.63) is 18.5 Å². The average Bonchev–Trinajstić information content (AvgIpc) is 3.47. The molecule has 0 radical (unpaired) electrons. The van der Waals surface area contributed by atoms with Crippen molar-refractivity contribution in [1.82, 2.24) is 19.8 Å². The molecule has 3 heterocycles. The van der Waals surface area contributed by atoms with Gasteiger partial charge < -0.3 is 9.80 Å². The molecule has 23 heavy (non-hydrogen) atoms. The highest BCUT2D eigenvalue weighted by molar-refractivity contribution is 5.79. The number of hydrogen-bond donors (Lipinski definition) is 0. The van der Waals surface area contributed by atoms with E-state index in [0.29, 0.717) is 5.91 Å². The molecule has 1 aromatic rings. The molecule has 1 amide bonds. The van der Waals surface area contributed by atoms with Gasteiger partial charge in [-0.3, -0.25) is 9.69 Å². The normalized spacial score (nSPS) is 26.3. The number of piperidine rings is 1. The number of anilines is 1. The summed E-state index contributed by atoms with van der Waals surface area (Å²) >= 11 is 0. The summed E-state index contributed by atoms with van der Waals surface area (Å²) in [5, 5.41) is 0. The van der Waals surface area contributed by atoms with E-state index in [-0.39, 0.29) is 5.92 Å². The summed E-state index contributed by atoms with van der Waals surface area (Å²) in [6, 6.07) is 2.64. The van der Waals surface area contributed by atoms with Crippen molar-refractivity contribution in [2.24, 2.45) is 5.92 Å². The highest BCUT2D eigenvalue weighted by Crippen LogP contribution is 2.28. The third-order valence-corrected chi connectivity index (χ3v) is 5.29. The predicted molar refractivity (Wildman–Crippen MR) is 88.1 cm³/mol. The zero-order chi connectivity index (χ0) is 15.6. The molecule has 6 nitrogen and oxygen atoms in total. The van der Waals surface area contributed by atoms with E-state index in [1.165, 1.54) is 12.8 Å². The number of hydrogen-bond acceptors (Lipinski definition) is 5. The Balaban J connectivity index is 1.34. The largest absolute Gasteiger partial charge is 0.340 e. The van der Waals surface area contributed by atoms with Gasteiger partial charge >= 0.3 is 0 Å². The van der Waals surface area contributed by atoms with Gasteiger partial charge in [-0.1, -0.05) is 0 Å². The Kier molecular flexibility index (Phi) is 4.16. The van der Waals surface area contributed by atoms with Crippen molar-refractivity contribution in [2.75, 3.05) is 44.2 Å². The summed E-state index contributed by atoms with van der Waals surface area (Å²) in [6.45, 7) is 5.60. The van der Waals surface area contributed by atoms with Gasteiger partial charge in [-0.25, -0.2) is 9.97 Å². The standard InChI is InChI=1S/C17H25N5O/c23-16(21-11-9-20(10-12-21)15-4-5-15)14-3-1-8-22(13-14)17-18-6-2-7-19-17/h2,6-7,14-15H,1,3-5,8-13H2. The molecule has 6 heteroatoms. The van der Waals surface area contributed by atoms with Crippen LogP contribution in [0.2, 0.25) is 0 Å². The lowest BCUT2D eigenvalue weighted by Gasteiger charge is -2.39. The molecule has 0 N–H and O–H groups in total. The monoisotopic (exact) mass is 315 g/mol. The highest BCUT2D eigenvalue weighted by Gasteiger charge is 2.35. The molecule has 0 spiro atoms. The van der Waals surface area contributed by atoms with Gasteiger partial charge in [-0.15, -0.1) is 0 Å². The van der Waals surface area contributed by atoms with E-state index in [4.69, 9.17) is 0 Å². The number of rotatable bonds is 3. The fourth-order valence-electron chi connectivity index (χ4n) is 3.82. The molecular weight excluding hydrogens is 290 g/mol. The lowest BCUT2D eigenvalue weighted by molar-refractivity contribution is -0.137. The zero-order valence-corrected chi connectivity index (χ0v) is 13.6.